The lowest BCUT2D eigenvalue weighted by molar-refractivity contribution is -0.137. The van der Waals surface area contributed by atoms with Crippen LogP contribution in [0.25, 0.3) is 0 Å². The number of amides is 1. The Morgan fingerprint density at radius 2 is 1.72 bits per heavy atom. The molecule has 0 aromatic heterocycles. The van der Waals surface area contributed by atoms with Gasteiger partial charge >= 0.3 is 0 Å². The van der Waals surface area contributed by atoms with Gasteiger partial charge in [0, 0.05) is 25.1 Å². The summed E-state index contributed by atoms with van der Waals surface area (Å²) in [7, 11) is 1.64. The molecule has 1 aliphatic heterocycles. The molecule has 7 nitrogen and oxygen atoms in total. The number of nitrogens with zero attached hydrogens (tertiary/aromatic N) is 2. The SMILES string of the molecule is COc1ccc(CON=C(Cc2ccccc2)c2ccc(OCC(=O)N3CCOCC3)c(C)c2)cc1. The van der Waals surface area contributed by atoms with Crippen molar-refractivity contribution in [2.75, 3.05) is 40.0 Å². The number of ether oxygens (including phenoxy) is 3. The highest BCUT2D eigenvalue weighted by atomic mass is 16.6. The highest BCUT2D eigenvalue weighted by Gasteiger charge is 2.18. The lowest BCUT2D eigenvalue weighted by atomic mass is 10.0. The molecule has 3 aromatic carbocycles. The summed E-state index contributed by atoms with van der Waals surface area (Å²) in [6.45, 7) is 4.69. The van der Waals surface area contributed by atoms with E-state index in [4.69, 9.17) is 19.0 Å². The molecule has 0 saturated carbocycles. The molecule has 0 N–H and O–H groups in total. The van der Waals surface area contributed by atoms with E-state index in [0.29, 0.717) is 45.1 Å². The van der Waals surface area contributed by atoms with Crippen LogP contribution in [-0.4, -0.2) is 56.5 Å². The summed E-state index contributed by atoms with van der Waals surface area (Å²) in [5.41, 5.74) is 4.83. The fourth-order valence-corrected chi connectivity index (χ4v) is 3.92. The maximum absolute atomic E-state index is 12.4. The summed E-state index contributed by atoms with van der Waals surface area (Å²) in [5.74, 6) is 1.45. The molecule has 7 heteroatoms. The maximum Gasteiger partial charge on any atom is 0.260 e. The topological polar surface area (TPSA) is 69.6 Å². The number of hydrogen-bond donors (Lipinski definition) is 0. The Bertz CT molecular complexity index is 1160. The number of benzene rings is 3. The van der Waals surface area contributed by atoms with E-state index in [1.54, 1.807) is 12.0 Å². The van der Waals surface area contributed by atoms with Gasteiger partial charge in [-0.2, -0.15) is 0 Å². The predicted octanol–water partition coefficient (Wildman–Crippen LogP) is 4.40. The second kappa shape index (κ2) is 12.7. The fourth-order valence-electron chi connectivity index (χ4n) is 3.92. The van der Waals surface area contributed by atoms with Gasteiger partial charge in [0.2, 0.25) is 0 Å². The van der Waals surface area contributed by atoms with Crippen LogP contribution in [0.2, 0.25) is 0 Å². The number of hydrogen-bond acceptors (Lipinski definition) is 6. The number of carbonyl (C=O) groups is 1. The molecular formula is C29H32N2O5. The molecule has 0 aliphatic carbocycles. The van der Waals surface area contributed by atoms with Crippen molar-refractivity contribution in [2.45, 2.75) is 20.0 Å². The molecule has 0 atom stereocenters. The Morgan fingerprint density at radius 1 is 0.972 bits per heavy atom. The summed E-state index contributed by atoms with van der Waals surface area (Å²) >= 11 is 0. The van der Waals surface area contributed by atoms with E-state index in [2.05, 4.69) is 17.3 Å². The lowest BCUT2D eigenvalue weighted by Gasteiger charge is -2.26. The molecule has 4 rings (SSSR count). The molecular weight excluding hydrogens is 456 g/mol. The first-order valence-corrected chi connectivity index (χ1v) is 12.1. The predicted molar refractivity (Wildman–Crippen MR) is 139 cm³/mol. The maximum atomic E-state index is 12.4. The van der Waals surface area contributed by atoms with E-state index >= 15 is 0 Å². The quantitative estimate of drug-likeness (QED) is 0.312. The van der Waals surface area contributed by atoms with Crippen LogP contribution in [0.1, 0.15) is 22.3 Å². The molecule has 1 saturated heterocycles. The third kappa shape index (κ3) is 7.09. The Hall–Kier alpha value is -3.84. The molecule has 1 amide bonds. The minimum absolute atomic E-state index is 0.0100. The zero-order valence-electron chi connectivity index (χ0n) is 20.8. The van der Waals surface area contributed by atoms with Crippen molar-refractivity contribution in [3.8, 4) is 11.5 Å². The Kier molecular flexibility index (Phi) is 8.94. The Balaban J connectivity index is 1.45. The van der Waals surface area contributed by atoms with Crippen molar-refractivity contribution in [3.05, 3.63) is 95.1 Å². The van der Waals surface area contributed by atoms with Crippen LogP contribution < -0.4 is 9.47 Å². The van der Waals surface area contributed by atoms with E-state index < -0.39 is 0 Å². The Labute approximate surface area is 212 Å². The Morgan fingerprint density at radius 3 is 2.42 bits per heavy atom. The summed E-state index contributed by atoms with van der Waals surface area (Å²) in [4.78, 5) is 20.0. The van der Waals surface area contributed by atoms with Crippen LogP contribution in [0.3, 0.4) is 0 Å². The van der Waals surface area contributed by atoms with Gasteiger partial charge in [-0.05, 0) is 53.9 Å². The van der Waals surface area contributed by atoms with Crippen LogP contribution in [0, 0.1) is 6.92 Å². The number of oxime groups is 1. The number of methoxy groups -OCH3 is 1. The number of rotatable bonds is 10. The van der Waals surface area contributed by atoms with Gasteiger partial charge in [0.25, 0.3) is 5.91 Å². The second-order valence-corrected chi connectivity index (χ2v) is 8.58. The molecule has 36 heavy (non-hydrogen) atoms. The highest BCUT2D eigenvalue weighted by Crippen LogP contribution is 2.21. The average molecular weight is 489 g/mol. The van der Waals surface area contributed by atoms with Gasteiger partial charge in [-0.25, -0.2) is 0 Å². The van der Waals surface area contributed by atoms with Gasteiger partial charge in [0.05, 0.1) is 26.0 Å². The first kappa shape index (κ1) is 25.3. The van der Waals surface area contributed by atoms with Crippen LogP contribution in [0.5, 0.6) is 11.5 Å². The number of aryl methyl sites for hydroxylation is 1. The smallest absolute Gasteiger partial charge is 0.260 e. The lowest BCUT2D eigenvalue weighted by Crippen LogP contribution is -2.43. The fraction of sp³-hybridized carbons (Fsp3) is 0.310. The molecule has 1 aliphatic rings. The molecule has 0 spiro atoms. The minimum atomic E-state index is -0.0277. The number of carbonyl (C=O) groups excluding carboxylic acids is 1. The largest absolute Gasteiger partial charge is 0.497 e. The van der Waals surface area contributed by atoms with Crippen LogP contribution >= 0.6 is 0 Å². The van der Waals surface area contributed by atoms with Gasteiger partial charge in [-0.15, -0.1) is 0 Å². The van der Waals surface area contributed by atoms with E-state index in [1.807, 2.05) is 67.6 Å². The van der Waals surface area contributed by atoms with Crippen molar-refractivity contribution in [2.24, 2.45) is 5.16 Å². The minimum Gasteiger partial charge on any atom is -0.497 e. The van der Waals surface area contributed by atoms with E-state index in [-0.39, 0.29) is 12.5 Å². The molecule has 0 radical (unpaired) electrons. The summed E-state index contributed by atoms with van der Waals surface area (Å²) in [6, 6.07) is 23.7. The average Bonchev–Trinajstić information content (AvgIpc) is 2.93. The van der Waals surface area contributed by atoms with Gasteiger partial charge < -0.3 is 23.9 Å². The standard InChI is InChI=1S/C29H32N2O5/c1-22-18-25(10-13-28(22)35-21-29(32)31-14-16-34-17-15-31)27(19-23-6-4-3-5-7-23)30-36-20-24-8-11-26(33-2)12-9-24/h3-13,18H,14-17,19-21H2,1-2H3. The van der Waals surface area contributed by atoms with E-state index in [0.717, 1.165) is 33.7 Å². The first-order chi connectivity index (χ1) is 17.6. The van der Waals surface area contributed by atoms with Crippen molar-refractivity contribution < 1.29 is 23.8 Å². The summed E-state index contributed by atoms with van der Waals surface area (Å²) < 4.78 is 16.4. The van der Waals surface area contributed by atoms with Crippen LogP contribution in [0.15, 0.2) is 78.0 Å². The monoisotopic (exact) mass is 488 g/mol. The molecule has 0 unspecified atom stereocenters. The number of morpholine rings is 1. The second-order valence-electron chi connectivity index (χ2n) is 8.58. The normalized spacial score (nSPS) is 13.8. The van der Waals surface area contributed by atoms with Gasteiger partial charge in [-0.1, -0.05) is 47.6 Å². The molecule has 0 bridgehead atoms. The zero-order valence-corrected chi connectivity index (χ0v) is 20.8. The van der Waals surface area contributed by atoms with Crippen LogP contribution in [-0.2, 0) is 27.4 Å². The third-order valence-electron chi connectivity index (χ3n) is 6.00. The van der Waals surface area contributed by atoms with E-state index in [9.17, 15) is 4.79 Å². The highest BCUT2D eigenvalue weighted by molar-refractivity contribution is 6.01. The van der Waals surface area contributed by atoms with Gasteiger partial charge in [-0.3, -0.25) is 4.79 Å². The van der Waals surface area contributed by atoms with Crippen LogP contribution in [0.4, 0.5) is 0 Å². The molecule has 188 valence electrons. The third-order valence-corrected chi connectivity index (χ3v) is 6.00. The van der Waals surface area contributed by atoms with Crippen molar-refractivity contribution in [1.29, 1.82) is 0 Å². The van der Waals surface area contributed by atoms with Gasteiger partial charge in [0.15, 0.2) is 6.61 Å². The van der Waals surface area contributed by atoms with E-state index in [1.165, 1.54) is 0 Å². The molecule has 1 heterocycles. The van der Waals surface area contributed by atoms with Gasteiger partial charge in [0.1, 0.15) is 18.1 Å². The van der Waals surface area contributed by atoms with Crippen molar-refractivity contribution in [1.82, 2.24) is 4.90 Å². The molecule has 3 aromatic rings. The first-order valence-electron chi connectivity index (χ1n) is 12.1. The summed E-state index contributed by atoms with van der Waals surface area (Å²) in [6.07, 6.45) is 0.624. The van der Waals surface area contributed by atoms with Crippen molar-refractivity contribution in [3.63, 3.8) is 0 Å². The zero-order chi connectivity index (χ0) is 25.2. The summed E-state index contributed by atoms with van der Waals surface area (Å²) in [5, 5.41) is 4.51. The molecule has 1 fully saturated rings. The van der Waals surface area contributed by atoms with Crippen molar-refractivity contribution >= 4 is 11.6 Å².